The average molecular weight is 411 g/mol. The quantitative estimate of drug-likeness (QED) is 0.636. The molecule has 6 heteroatoms. The summed E-state index contributed by atoms with van der Waals surface area (Å²) in [6, 6.07) is 16.8. The van der Waals surface area contributed by atoms with Gasteiger partial charge in [-0.1, -0.05) is 54.6 Å². The minimum Gasteiger partial charge on any atom is -0.489 e. The van der Waals surface area contributed by atoms with Gasteiger partial charge in [-0.15, -0.1) is 0 Å². The highest BCUT2D eigenvalue weighted by Crippen LogP contribution is 2.15. The zero-order chi connectivity index (χ0) is 22.0. The van der Waals surface area contributed by atoms with Gasteiger partial charge < -0.3 is 19.5 Å². The van der Waals surface area contributed by atoms with Gasteiger partial charge in [0, 0.05) is 0 Å². The number of ether oxygens (including phenoxy) is 3. The molecule has 1 atom stereocenters. The summed E-state index contributed by atoms with van der Waals surface area (Å²) in [5.41, 5.74) is 1.40. The number of hydrogen-bond donors (Lipinski definition) is 1. The Labute approximate surface area is 177 Å². The Hall–Kier alpha value is -3.28. The summed E-state index contributed by atoms with van der Waals surface area (Å²) < 4.78 is 15.7. The molecule has 0 radical (unpaired) electrons. The summed E-state index contributed by atoms with van der Waals surface area (Å²) in [4.78, 5) is 23.9. The number of rotatable bonds is 8. The Kier molecular flexibility index (Phi) is 8.47. The van der Waals surface area contributed by atoms with Crippen LogP contribution in [-0.4, -0.2) is 30.8 Å². The van der Waals surface area contributed by atoms with E-state index in [1.54, 1.807) is 26.8 Å². The van der Waals surface area contributed by atoms with Crippen LogP contribution in [0.2, 0.25) is 0 Å². The molecular weight excluding hydrogens is 382 g/mol. The third-order valence-corrected chi connectivity index (χ3v) is 3.99. The van der Waals surface area contributed by atoms with Gasteiger partial charge in [0.05, 0.1) is 7.11 Å². The van der Waals surface area contributed by atoms with E-state index in [1.807, 2.05) is 60.7 Å². The maximum Gasteiger partial charge on any atom is 0.408 e. The van der Waals surface area contributed by atoms with E-state index in [0.29, 0.717) is 6.61 Å². The molecule has 2 aromatic carbocycles. The molecule has 1 N–H and O–H groups in total. The van der Waals surface area contributed by atoms with Crippen LogP contribution in [-0.2, 0) is 20.9 Å². The van der Waals surface area contributed by atoms with E-state index in [9.17, 15) is 9.59 Å². The molecule has 160 valence electrons. The summed E-state index contributed by atoms with van der Waals surface area (Å²) in [5.74, 6) is 0.241. The number of carbonyl (C=O) groups is 2. The highest BCUT2D eigenvalue weighted by molar-refractivity contribution is 5.81. The molecule has 2 aromatic rings. The van der Waals surface area contributed by atoms with Crippen LogP contribution in [0, 0.1) is 0 Å². The lowest BCUT2D eigenvalue weighted by Gasteiger charge is -2.22. The first-order chi connectivity index (χ1) is 14.3. The minimum absolute atomic E-state index is 0.276. The number of nitrogens with one attached hydrogen (secondary N) is 1. The fourth-order valence-corrected chi connectivity index (χ4v) is 2.56. The molecule has 0 aliphatic carbocycles. The van der Waals surface area contributed by atoms with Crippen molar-refractivity contribution in [3.63, 3.8) is 0 Å². The van der Waals surface area contributed by atoms with Crippen LogP contribution in [0.15, 0.2) is 60.7 Å². The fraction of sp³-hybridized carbons (Fsp3) is 0.333. The Morgan fingerprint density at radius 3 is 2.30 bits per heavy atom. The third-order valence-electron chi connectivity index (χ3n) is 3.99. The Morgan fingerprint density at radius 2 is 1.70 bits per heavy atom. The molecule has 0 aliphatic heterocycles. The second kappa shape index (κ2) is 11.0. The van der Waals surface area contributed by atoms with Crippen LogP contribution >= 0.6 is 0 Å². The molecule has 0 aliphatic rings. The summed E-state index contributed by atoms with van der Waals surface area (Å²) >= 11 is 0. The van der Waals surface area contributed by atoms with E-state index >= 15 is 0 Å². The fourth-order valence-electron chi connectivity index (χ4n) is 2.56. The topological polar surface area (TPSA) is 73.9 Å². The second-order valence-electron chi connectivity index (χ2n) is 7.70. The largest absolute Gasteiger partial charge is 0.489 e. The van der Waals surface area contributed by atoms with Crippen LogP contribution in [0.25, 0.3) is 6.08 Å². The lowest BCUT2D eigenvalue weighted by atomic mass is 10.1. The van der Waals surface area contributed by atoms with Gasteiger partial charge in [-0.2, -0.15) is 0 Å². The van der Waals surface area contributed by atoms with E-state index < -0.39 is 23.7 Å². The summed E-state index contributed by atoms with van der Waals surface area (Å²) in [7, 11) is 1.28. The Morgan fingerprint density at radius 1 is 1.03 bits per heavy atom. The number of amides is 1. The van der Waals surface area contributed by atoms with Crippen molar-refractivity contribution < 1.29 is 23.8 Å². The number of alkyl carbamates (subject to hydrolysis) is 1. The normalized spacial score (nSPS) is 12.3. The van der Waals surface area contributed by atoms with Crippen LogP contribution in [0.4, 0.5) is 4.79 Å². The molecule has 0 fully saturated rings. The lowest BCUT2D eigenvalue weighted by Crippen LogP contribution is -2.43. The molecule has 0 saturated heterocycles. The first-order valence-electron chi connectivity index (χ1n) is 9.77. The maximum atomic E-state index is 11.9. The second-order valence-corrected chi connectivity index (χ2v) is 7.70. The number of carbonyl (C=O) groups excluding carboxylic acids is 2. The van der Waals surface area contributed by atoms with Crippen molar-refractivity contribution in [2.75, 3.05) is 7.11 Å². The first kappa shape index (κ1) is 23.0. The van der Waals surface area contributed by atoms with E-state index in [2.05, 4.69) is 5.32 Å². The highest BCUT2D eigenvalue weighted by atomic mass is 16.6. The van der Waals surface area contributed by atoms with Gasteiger partial charge >= 0.3 is 12.1 Å². The van der Waals surface area contributed by atoms with Gasteiger partial charge in [0.1, 0.15) is 24.0 Å². The molecule has 0 heterocycles. The van der Waals surface area contributed by atoms with Crippen LogP contribution in [0.3, 0.4) is 0 Å². The van der Waals surface area contributed by atoms with Gasteiger partial charge in [0.15, 0.2) is 0 Å². The third kappa shape index (κ3) is 8.39. The molecule has 0 bridgehead atoms. The predicted octanol–water partition coefficient (Wildman–Crippen LogP) is 4.74. The zero-order valence-corrected chi connectivity index (χ0v) is 17.9. The van der Waals surface area contributed by atoms with Crippen LogP contribution < -0.4 is 10.1 Å². The molecular formula is C24H29NO5. The van der Waals surface area contributed by atoms with Crippen molar-refractivity contribution in [1.82, 2.24) is 5.32 Å². The highest BCUT2D eigenvalue weighted by Gasteiger charge is 2.23. The number of benzene rings is 2. The first-order valence-corrected chi connectivity index (χ1v) is 9.77. The van der Waals surface area contributed by atoms with E-state index in [1.165, 1.54) is 7.11 Å². The molecule has 0 aromatic heterocycles. The van der Waals surface area contributed by atoms with Gasteiger partial charge in [-0.05, 0) is 50.5 Å². The molecule has 0 saturated carbocycles. The van der Waals surface area contributed by atoms with Crippen molar-refractivity contribution in [2.24, 2.45) is 0 Å². The van der Waals surface area contributed by atoms with E-state index in [-0.39, 0.29) is 6.42 Å². The summed E-state index contributed by atoms with van der Waals surface area (Å²) in [5, 5.41) is 2.54. The van der Waals surface area contributed by atoms with Crippen molar-refractivity contribution in [1.29, 1.82) is 0 Å². The van der Waals surface area contributed by atoms with E-state index in [0.717, 1.165) is 16.9 Å². The molecule has 6 nitrogen and oxygen atoms in total. The zero-order valence-electron chi connectivity index (χ0n) is 17.9. The number of methoxy groups -OCH3 is 1. The summed E-state index contributed by atoms with van der Waals surface area (Å²) in [6.45, 7) is 5.78. The lowest BCUT2D eigenvalue weighted by molar-refractivity contribution is -0.143. The Bertz CT molecular complexity index is 838. The summed E-state index contributed by atoms with van der Waals surface area (Å²) in [6.07, 6.45) is 3.29. The smallest absolute Gasteiger partial charge is 0.408 e. The van der Waals surface area contributed by atoms with Crippen molar-refractivity contribution in [3.05, 3.63) is 71.8 Å². The van der Waals surface area contributed by atoms with Gasteiger partial charge in [0.2, 0.25) is 0 Å². The van der Waals surface area contributed by atoms with Crippen molar-refractivity contribution in [2.45, 2.75) is 45.4 Å². The SMILES string of the molecule is COC(=O)C(C/C=C\c1ccc(OCc2ccccc2)cc1)NC(=O)OC(C)(C)C. The monoisotopic (exact) mass is 411 g/mol. The average Bonchev–Trinajstić information content (AvgIpc) is 2.71. The Balaban J connectivity index is 1.89. The molecule has 2 rings (SSSR count). The van der Waals surface area contributed by atoms with Gasteiger partial charge in [-0.25, -0.2) is 9.59 Å². The molecule has 0 spiro atoms. The van der Waals surface area contributed by atoms with Crippen molar-refractivity contribution >= 4 is 18.1 Å². The standard InChI is InChI=1S/C24H29NO5/c1-24(2,3)30-23(27)25-21(22(26)28-4)12-8-11-18-13-15-20(16-14-18)29-17-19-9-6-5-7-10-19/h5-11,13-16,21H,12,17H2,1-4H3,(H,25,27)/b11-8-. The number of hydrogen-bond acceptors (Lipinski definition) is 5. The van der Waals surface area contributed by atoms with Gasteiger partial charge in [-0.3, -0.25) is 0 Å². The van der Waals surface area contributed by atoms with Crippen LogP contribution in [0.5, 0.6) is 5.75 Å². The maximum absolute atomic E-state index is 11.9. The van der Waals surface area contributed by atoms with Crippen molar-refractivity contribution in [3.8, 4) is 5.75 Å². The molecule has 1 amide bonds. The van der Waals surface area contributed by atoms with E-state index in [4.69, 9.17) is 14.2 Å². The molecule has 1 unspecified atom stereocenters. The minimum atomic E-state index is -0.824. The van der Waals surface area contributed by atoms with Crippen LogP contribution in [0.1, 0.15) is 38.3 Å². The molecule has 30 heavy (non-hydrogen) atoms. The predicted molar refractivity (Wildman–Crippen MR) is 116 cm³/mol. The van der Waals surface area contributed by atoms with Gasteiger partial charge in [0.25, 0.3) is 0 Å². The number of esters is 1.